The molecular weight excluding hydrogens is 316 g/mol. The number of carbonyl (C=O) groups excluding carboxylic acids is 1. The van der Waals surface area contributed by atoms with Crippen molar-refractivity contribution in [2.45, 2.75) is 44.6 Å². The minimum absolute atomic E-state index is 0.227. The minimum atomic E-state index is 0.227. The molecule has 1 fully saturated rings. The Morgan fingerprint density at radius 1 is 1.04 bits per heavy atom. The van der Waals surface area contributed by atoms with Crippen molar-refractivity contribution < 1.29 is 14.3 Å². The molecule has 1 heterocycles. The first-order chi connectivity index (χ1) is 12.1. The van der Waals surface area contributed by atoms with Crippen molar-refractivity contribution in [3.63, 3.8) is 0 Å². The number of nitrogens with zero attached hydrogens (tertiary/aromatic N) is 2. The first-order valence-electron chi connectivity index (χ1n) is 9.46. The van der Waals surface area contributed by atoms with E-state index in [-0.39, 0.29) is 5.91 Å². The van der Waals surface area contributed by atoms with Gasteiger partial charge in [0.1, 0.15) is 13.2 Å². The lowest BCUT2D eigenvalue weighted by molar-refractivity contribution is -0.133. The molecular formula is C20H30N2O3. The third kappa shape index (κ3) is 4.88. The Hall–Kier alpha value is -1.75. The van der Waals surface area contributed by atoms with Crippen molar-refractivity contribution in [1.29, 1.82) is 0 Å². The van der Waals surface area contributed by atoms with E-state index < -0.39 is 0 Å². The summed E-state index contributed by atoms with van der Waals surface area (Å²) in [6.07, 6.45) is 6.48. The normalized spacial score (nSPS) is 17.6. The summed E-state index contributed by atoms with van der Waals surface area (Å²) in [4.78, 5) is 17.3. The number of fused-ring (bicyclic) bond motifs is 1. The average molecular weight is 346 g/mol. The van der Waals surface area contributed by atoms with Crippen LogP contribution < -0.4 is 9.47 Å². The van der Waals surface area contributed by atoms with Gasteiger partial charge in [-0.15, -0.1) is 0 Å². The quantitative estimate of drug-likeness (QED) is 0.794. The van der Waals surface area contributed by atoms with Crippen molar-refractivity contribution in [2.75, 3.05) is 40.4 Å². The third-order valence-corrected chi connectivity index (χ3v) is 5.09. The molecule has 138 valence electrons. The molecule has 0 aromatic heterocycles. The number of rotatable bonds is 6. The van der Waals surface area contributed by atoms with Crippen LogP contribution in [-0.2, 0) is 11.2 Å². The van der Waals surface area contributed by atoms with E-state index in [0.29, 0.717) is 25.7 Å². The summed E-state index contributed by atoms with van der Waals surface area (Å²) in [5.41, 5.74) is 1.000. The van der Waals surface area contributed by atoms with Crippen molar-refractivity contribution in [3.05, 3.63) is 23.8 Å². The molecule has 1 saturated carbocycles. The predicted molar refractivity (Wildman–Crippen MR) is 98.3 cm³/mol. The average Bonchev–Trinajstić information content (AvgIpc) is 2.62. The van der Waals surface area contributed by atoms with E-state index in [0.717, 1.165) is 43.0 Å². The summed E-state index contributed by atoms with van der Waals surface area (Å²) in [5.74, 6) is 1.76. The van der Waals surface area contributed by atoms with Gasteiger partial charge in [-0.25, -0.2) is 0 Å². The van der Waals surface area contributed by atoms with Crippen molar-refractivity contribution in [2.24, 2.45) is 0 Å². The van der Waals surface area contributed by atoms with Gasteiger partial charge in [-0.1, -0.05) is 25.3 Å². The van der Waals surface area contributed by atoms with Gasteiger partial charge in [0.25, 0.3) is 0 Å². The highest BCUT2D eigenvalue weighted by molar-refractivity contribution is 5.79. The summed E-state index contributed by atoms with van der Waals surface area (Å²) in [6.45, 7) is 2.87. The molecule has 0 unspecified atom stereocenters. The molecule has 0 radical (unpaired) electrons. The maximum Gasteiger partial charge on any atom is 0.227 e. The molecule has 0 atom stereocenters. The van der Waals surface area contributed by atoms with E-state index in [1.165, 1.54) is 19.3 Å². The molecule has 5 heteroatoms. The van der Waals surface area contributed by atoms with E-state index in [2.05, 4.69) is 23.9 Å². The molecule has 0 bridgehead atoms. The molecule has 1 aromatic rings. The highest BCUT2D eigenvalue weighted by Crippen LogP contribution is 2.31. The number of hydrogen-bond acceptors (Lipinski definition) is 4. The van der Waals surface area contributed by atoms with Gasteiger partial charge in [-0.3, -0.25) is 4.79 Å². The lowest BCUT2D eigenvalue weighted by Gasteiger charge is -2.35. The summed E-state index contributed by atoms with van der Waals surface area (Å²) in [5, 5.41) is 0. The van der Waals surface area contributed by atoms with Crippen LogP contribution >= 0.6 is 0 Å². The molecule has 25 heavy (non-hydrogen) atoms. The molecule has 0 saturated heterocycles. The van der Waals surface area contributed by atoms with Gasteiger partial charge in [0.05, 0.1) is 6.42 Å². The number of carbonyl (C=O) groups is 1. The van der Waals surface area contributed by atoms with Crippen LogP contribution in [0.15, 0.2) is 18.2 Å². The Kier molecular flexibility index (Phi) is 6.19. The van der Waals surface area contributed by atoms with E-state index in [1.54, 1.807) is 0 Å². The fraction of sp³-hybridized carbons (Fsp3) is 0.650. The zero-order chi connectivity index (χ0) is 17.6. The summed E-state index contributed by atoms with van der Waals surface area (Å²) >= 11 is 0. The molecule has 1 aromatic carbocycles. The Bertz CT molecular complexity index is 582. The number of amides is 1. The Balaban J connectivity index is 1.68. The van der Waals surface area contributed by atoms with Crippen LogP contribution in [0, 0.1) is 0 Å². The maximum atomic E-state index is 13.0. The number of likely N-dealkylation sites (N-methyl/N-ethyl adjacent to an activating group) is 1. The third-order valence-electron chi connectivity index (χ3n) is 5.09. The maximum absolute atomic E-state index is 13.0. The largest absolute Gasteiger partial charge is 0.486 e. The number of benzene rings is 1. The second-order valence-corrected chi connectivity index (χ2v) is 7.34. The minimum Gasteiger partial charge on any atom is -0.486 e. The molecule has 5 nitrogen and oxygen atoms in total. The van der Waals surface area contributed by atoms with Crippen molar-refractivity contribution in [3.8, 4) is 11.5 Å². The molecule has 0 spiro atoms. The van der Waals surface area contributed by atoms with Crippen LogP contribution in [0.5, 0.6) is 11.5 Å². The van der Waals surface area contributed by atoms with Crippen molar-refractivity contribution >= 4 is 5.91 Å². The molecule has 3 rings (SSSR count). The highest BCUT2D eigenvalue weighted by atomic mass is 16.6. The molecule has 0 N–H and O–H groups in total. The van der Waals surface area contributed by atoms with Gasteiger partial charge in [-0.2, -0.15) is 0 Å². The van der Waals surface area contributed by atoms with E-state index >= 15 is 0 Å². The standard InChI is InChI=1S/C20H30N2O3/c1-21(2)10-11-22(17-6-4-3-5-7-17)20(23)15-16-8-9-18-19(14-16)25-13-12-24-18/h8-9,14,17H,3-7,10-13,15H2,1-2H3. The fourth-order valence-electron chi connectivity index (χ4n) is 3.69. The second-order valence-electron chi connectivity index (χ2n) is 7.34. The van der Waals surface area contributed by atoms with Crippen molar-refractivity contribution in [1.82, 2.24) is 9.80 Å². The van der Waals surface area contributed by atoms with Gasteiger partial charge in [0, 0.05) is 19.1 Å². The predicted octanol–water partition coefficient (Wildman–Crippen LogP) is 2.72. The van der Waals surface area contributed by atoms with Crippen LogP contribution in [0.25, 0.3) is 0 Å². The first kappa shape index (κ1) is 18.1. The Morgan fingerprint density at radius 3 is 2.48 bits per heavy atom. The SMILES string of the molecule is CN(C)CCN(C(=O)Cc1ccc2c(c1)OCCO2)C1CCCCC1. The van der Waals surface area contributed by atoms with E-state index in [1.807, 2.05) is 18.2 Å². The summed E-state index contributed by atoms with van der Waals surface area (Å²) < 4.78 is 11.2. The van der Waals surface area contributed by atoms with Crippen LogP contribution in [0.2, 0.25) is 0 Å². The number of ether oxygens (including phenoxy) is 2. The smallest absolute Gasteiger partial charge is 0.227 e. The van der Waals surface area contributed by atoms with Gasteiger partial charge < -0.3 is 19.3 Å². The topological polar surface area (TPSA) is 42.0 Å². The summed E-state index contributed by atoms with van der Waals surface area (Å²) in [7, 11) is 4.12. The van der Waals surface area contributed by atoms with Gasteiger partial charge in [0.15, 0.2) is 11.5 Å². The summed E-state index contributed by atoms with van der Waals surface area (Å²) in [6, 6.07) is 6.26. The molecule has 1 amide bonds. The molecule has 1 aliphatic carbocycles. The molecule has 2 aliphatic rings. The number of hydrogen-bond donors (Lipinski definition) is 0. The van der Waals surface area contributed by atoms with Crippen LogP contribution in [0.3, 0.4) is 0 Å². The van der Waals surface area contributed by atoms with Gasteiger partial charge in [0.2, 0.25) is 5.91 Å². The zero-order valence-corrected chi connectivity index (χ0v) is 15.5. The van der Waals surface area contributed by atoms with Crippen LogP contribution in [0.4, 0.5) is 0 Å². The zero-order valence-electron chi connectivity index (χ0n) is 15.5. The van der Waals surface area contributed by atoms with Crippen LogP contribution in [-0.4, -0.2) is 62.1 Å². The lowest BCUT2D eigenvalue weighted by Crippen LogP contribution is -2.45. The second kappa shape index (κ2) is 8.56. The lowest BCUT2D eigenvalue weighted by atomic mass is 9.93. The Morgan fingerprint density at radius 2 is 1.76 bits per heavy atom. The van der Waals surface area contributed by atoms with Crippen LogP contribution in [0.1, 0.15) is 37.7 Å². The van der Waals surface area contributed by atoms with Gasteiger partial charge in [-0.05, 0) is 44.6 Å². The Labute approximate surface area is 150 Å². The first-order valence-corrected chi connectivity index (χ1v) is 9.46. The fourth-order valence-corrected chi connectivity index (χ4v) is 3.69. The van der Waals surface area contributed by atoms with E-state index in [9.17, 15) is 4.79 Å². The van der Waals surface area contributed by atoms with E-state index in [4.69, 9.17) is 9.47 Å². The monoisotopic (exact) mass is 346 g/mol. The van der Waals surface area contributed by atoms with Gasteiger partial charge >= 0.3 is 0 Å². The molecule has 1 aliphatic heterocycles. The highest BCUT2D eigenvalue weighted by Gasteiger charge is 2.25.